The molecular weight excluding hydrogens is 414 g/mol. The number of amides is 1. The normalized spacial score (nSPS) is 22.4. The Balaban J connectivity index is 1.21. The number of carbonyl (C=O) groups is 1. The number of hydrogen-bond acceptors (Lipinski definition) is 6. The summed E-state index contributed by atoms with van der Waals surface area (Å²) in [5.41, 5.74) is 2.14. The molecular formula is C26H39N5O2. The third-order valence-corrected chi connectivity index (χ3v) is 7.12. The van der Waals surface area contributed by atoms with Gasteiger partial charge in [0.25, 0.3) is 0 Å². The molecule has 2 aliphatic heterocycles. The third-order valence-electron chi connectivity index (χ3n) is 7.12. The SMILES string of the molecule is CCC1CCCCN1CCCNC(=O)C1CCCN(Cc2nc(-c3cccc(C)c3)no2)C1. The van der Waals surface area contributed by atoms with Crippen molar-refractivity contribution in [1.29, 1.82) is 0 Å². The molecule has 180 valence electrons. The number of nitrogens with one attached hydrogen (secondary N) is 1. The van der Waals surface area contributed by atoms with Gasteiger partial charge in [-0.3, -0.25) is 9.69 Å². The monoisotopic (exact) mass is 453 g/mol. The molecule has 1 aromatic heterocycles. The largest absolute Gasteiger partial charge is 0.356 e. The first-order valence-electron chi connectivity index (χ1n) is 12.8. The number of likely N-dealkylation sites (tertiary alicyclic amines) is 2. The summed E-state index contributed by atoms with van der Waals surface area (Å²) >= 11 is 0. The summed E-state index contributed by atoms with van der Waals surface area (Å²) in [5, 5.41) is 7.35. The Kier molecular flexibility index (Phi) is 8.51. The molecule has 3 heterocycles. The van der Waals surface area contributed by atoms with Gasteiger partial charge >= 0.3 is 0 Å². The maximum absolute atomic E-state index is 12.8. The Morgan fingerprint density at radius 2 is 2.12 bits per heavy atom. The molecule has 0 bridgehead atoms. The van der Waals surface area contributed by atoms with Crippen LogP contribution in [0.25, 0.3) is 11.4 Å². The van der Waals surface area contributed by atoms with Crippen LogP contribution in [0, 0.1) is 12.8 Å². The van der Waals surface area contributed by atoms with Crippen molar-refractivity contribution >= 4 is 5.91 Å². The molecule has 33 heavy (non-hydrogen) atoms. The van der Waals surface area contributed by atoms with Gasteiger partial charge in [0.2, 0.25) is 17.6 Å². The summed E-state index contributed by atoms with van der Waals surface area (Å²) in [4.78, 5) is 22.2. The number of rotatable bonds is 9. The predicted octanol–water partition coefficient (Wildman–Crippen LogP) is 4.03. The van der Waals surface area contributed by atoms with Crippen LogP contribution in [0.2, 0.25) is 0 Å². The molecule has 0 saturated carbocycles. The maximum Gasteiger partial charge on any atom is 0.241 e. The van der Waals surface area contributed by atoms with Crippen molar-refractivity contribution in [3.8, 4) is 11.4 Å². The minimum atomic E-state index is 0.0382. The third kappa shape index (κ3) is 6.64. The Labute approximate surface area is 197 Å². The van der Waals surface area contributed by atoms with E-state index in [9.17, 15) is 4.79 Å². The first-order valence-corrected chi connectivity index (χ1v) is 12.8. The van der Waals surface area contributed by atoms with E-state index in [2.05, 4.69) is 51.2 Å². The molecule has 1 N–H and O–H groups in total. The lowest BCUT2D eigenvalue weighted by Crippen LogP contribution is -2.44. The zero-order valence-electron chi connectivity index (χ0n) is 20.3. The fourth-order valence-corrected chi connectivity index (χ4v) is 5.28. The van der Waals surface area contributed by atoms with Crippen LogP contribution < -0.4 is 5.32 Å². The van der Waals surface area contributed by atoms with E-state index in [0.29, 0.717) is 18.3 Å². The lowest BCUT2D eigenvalue weighted by molar-refractivity contribution is -0.126. The minimum absolute atomic E-state index is 0.0382. The minimum Gasteiger partial charge on any atom is -0.356 e. The Morgan fingerprint density at radius 3 is 2.97 bits per heavy atom. The van der Waals surface area contributed by atoms with Gasteiger partial charge in [-0.1, -0.05) is 42.3 Å². The quantitative estimate of drug-likeness (QED) is 0.578. The number of piperidine rings is 2. The van der Waals surface area contributed by atoms with E-state index >= 15 is 0 Å². The molecule has 0 spiro atoms. The Hall–Kier alpha value is -2.25. The van der Waals surface area contributed by atoms with Crippen molar-refractivity contribution in [3.63, 3.8) is 0 Å². The zero-order valence-corrected chi connectivity index (χ0v) is 20.3. The van der Waals surface area contributed by atoms with Crippen molar-refractivity contribution in [2.45, 2.75) is 71.4 Å². The standard InChI is InChI=1S/C26H39N5O2/c1-3-23-12-4-5-15-31(23)16-8-13-27-26(32)22-11-7-14-30(18-22)19-24-28-25(29-33-24)21-10-6-9-20(2)17-21/h6,9-10,17,22-23H,3-5,7-8,11-16,18-19H2,1-2H3,(H,27,32). The van der Waals surface area contributed by atoms with E-state index < -0.39 is 0 Å². The lowest BCUT2D eigenvalue weighted by Gasteiger charge is -2.35. The van der Waals surface area contributed by atoms with E-state index in [1.165, 1.54) is 37.8 Å². The molecule has 2 fully saturated rings. The summed E-state index contributed by atoms with van der Waals surface area (Å²) in [5.74, 6) is 1.46. The van der Waals surface area contributed by atoms with E-state index in [1.54, 1.807) is 0 Å². The van der Waals surface area contributed by atoms with E-state index in [4.69, 9.17) is 4.52 Å². The molecule has 2 unspecified atom stereocenters. The van der Waals surface area contributed by atoms with Gasteiger partial charge in [0, 0.05) is 31.2 Å². The number of hydrogen-bond donors (Lipinski definition) is 1. The highest BCUT2D eigenvalue weighted by atomic mass is 16.5. The van der Waals surface area contributed by atoms with Crippen LogP contribution in [0.5, 0.6) is 0 Å². The van der Waals surface area contributed by atoms with Gasteiger partial charge in [0.15, 0.2) is 0 Å². The smallest absolute Gasteiger partial charge is 0.241 e. The molecule has 4 rings (SSSR count). The van der Waals surface area contributed by atoms with Crippen molar-refractivity contribution in [1.82, 2.24) is 25.3 Å². The number of aryl methyl sites for hydroxylation is 1. The van der Waals surface area contributed by atoms with Crippen LogP contribution in [-0.2, 0) is 11.3 Å². The fourth-order valence-electron chi connectivity index (χ4n) is 5.28. The van der Waals surface area contributed by atoms with Gasteiger partial charge in [0.1, 0.15) is 0 Å². The summed E-state index contributed by atoms with van der Waals surface area (Å²) in [6.07, 6.45) is 8.23. The summed E-state index contributed by atoms with van der Waals surface area (Å²) < 4.78 is 5.50. The second kappa shape index (κ2) is 11.7. The summed E-state index contributed by atoms with van der Waals surface area (Å²) in [7, 11) is 0. The predicted molar refractivity (Wildman–Crippen MR) is 130 cm³/mol. The van der Waals surface area contributed by atoms with Crippen LogP contribution in [0.4, 0.5) is 0 Å². The van der Waals surface area contributed by atoms with Gasteiger partial charge in [-0.25, -0.2) is 0 Å². The van der Waals surface area contributed by atoms with Gasteiger partial charge in [-0.05, 0) is 64.6 Å². The first kappa shape index (κ1) is 23.9. The van der Waals surface area contributed by atoms with Gasteiger partial charge < -0.3 is 14.7 Å². The molecule has 7 heteroatoms. The molecule has 2 aromatic rings. The van der Waals surface area contributed by atoms with Crippen LogP contribution in [0.15, 0.2) is 28.8 Å². The number of aromatic nitrogens is 2. The molecule has 2 saturated heterocycles. The van der Waals surface area contributed by atoms with Crippen molar-refractivity contribution in [2.24, 2.45) is 5.92 Å². The van der Waals surface area contributed by atoms with Gasteiger partial charge in [-0.15, -0.1) is 0 Å². The van der Waals surface area contributed by atoms with Crippen LogP contribution in [-0.4, -0.2) is 64.6 Å². The van der Waals surface area contributed by atoms with Crippen molar-refractivity contribution < 1.29 is 9.32 Å². The first-order chi connectivity index (χ1) is 16.1. The highest BCUT2D eigenvalue weighted by Gasteiger charge is 2.27. The summed E-state index contributed by atoms with van der Waals surface area (Å²) in [6.45, 7) is 9.72. The second-order valence-electron chi connectivity index (χ2n) is 9.69. The molecule has 2 atom stereocenters. The molecule has 7 nitrogen and oxygen atoms in total. The Bertz CT molecular complexity index is 898. The highest BCUT2D eigenvalue weighted by molar-refractivity contribution is 5.78. The average Bonchev–Trinajstić information content (AvgIpc) is 3.30. The fraction of sp³-hybridized carbons (Fsp3) is 0.654. The summed E-state index contributed by atoms with van der Waals surface area (Å²) in [6, 6.07) is 8.85. The average molecular weight is 454 g/mol. The number of carbonyl (C=O) groups excluding carboxylic acids is 1. The van der Waals surface area contributed by atoms with Crippen molar-refractivity contribution in [3.05, 3.63) is 35.7 Å². The lowest BCUT2D eigenvalue weighted by atomic mass is 9.97. The van der Waals surface area contributed by atoms with Gasteiger partial charge in [-0.2, -0.15) is 4.98 Å². The molecule has 2 aliphatic rings. The van der Waals surface area contributed by atoms with Crippen LogP contribution in [0.3, 0.4) is 0 Å². The van der Waals surface area contributed by atoms with E-state index in [1.807, 2.05) is 12.1 Å². The molecule has 0 radical (unpaired) electrons. The Morgan fingerprint density at radius 1 is 1.21 bits per heavy atom. The van der Waals surface area contributed by atoms with Crippen LogP contribution in [0.1, 0.15) is 63.3 Å². The number of benzene rings is 1. The van der Waals surface area contributed by atoms with E-state index in [0.717, 1.165) is 57.0 Å². The highest BCUT2D eigenvalue weighted by Crippen LogP contribution is 2.22. The van der Waals surface area contributed by atoms with E-state index in [-0.39, 0.29) is 11.8 Å². The van der Waals surface area contributed by atoms with Crippen molar-refractivity contribution in [2.75, 3.05) is 32.7 Å². The molecule has 1 aromatic carbocycles. The zero-order chi connectivity index (χ0) is 23.0. The topological polar surface area (TPSA) is 74.5 Å². The molecule has 0 aliphatic carbocycles. The second-order valence-corrected chi connectivity index (χ2v) is 9.69. The number of nitrogens with zero attached hydrogens (tertiary/aromatic N) is 4. The molecule has 1 amide bonds. The maximum atomic E-state index is 12.8. The van der Waals surface area contributed by atoms with Crippen LogP contribution >= 0.6 is 0 Å². The van der Waals surface area contributed by atoms with Gasteiger partial charge in [0.05, 0.1) is 12.5 Å².